The highest BCUT2D eigenvalue weighted by atomic mass is 16.1. The van der Waals surface area contributed by atoms with Gasteiger partial charge in [0.25, 0.3) is 0 Å². The van der Waals surface area contributed by atoms with Gasteiger partial charge in [0.1, 0.15) is 0 Å². The topological polar surface area (TPSA) is 46.1 Å². The Balaban J connectivity index is 2.31. The monoisotopic (exact) mass is 265 g/mol. The third kappa shape index (κ3) is 5.07. The van der Waals surface area contributed by atoms with Gasteiger partial charge in [-0.15, -0.1) is 0 Å². The predicted octanol–water partition coefficient (Wildman–Crippen LogP) is 2.04. The first kappa shape index (κ1) is 15.8. The number of hydrogen-bond donors (Lipinski definition) is 2. The summed E-state index contributed by atoms with van der Waals surface area (Å²) in [5.41, 5.74) is 3.70. The average Bonchev–Trinajstić information content (AvgIpc) is 2.50. The van der Waals surface area contributed by atoms with Crippen molar-refractivity contribution in [3.05, 3.63) is 23.0 Å². The Morgan fingerprint density at radius 3 is 2.42 bits per heavy atom. The standard InChI is InChI=1S/C15H27N3O/c1-11-9-13(12(2)18(11)6)10-16-8-7-14(19)17-15(3,4)5/h9,16H,7-8,10H2,1-6H3,(H,17,19). The van der Waals surface area contributed by atoms with Crippen molar-refractivity contribution >= 4 is 5.91 Å². The van der Waals surface area contributed by atoms with Crippen LogP contribution < -0.4 is 10.6 Å². The lowest BCUT2D eigenvalue weighted by Crippen LogP contribution is -2.41. The fraction of sp³-hybridized carbons (Fsp3) is 0.667. The van der Waals surface area contributed by atoms with Crippen molar-refractivity contribution in [2.24, 2.45) is 7.05 Å². The molecular weight excluding hydrogens is 238 g/mol. The van der Waals surface area contributed by atoms with Gasteiger partial charge in [0.2, 0.25) is 5.91 Å². The Morgan fingerprint density at radius 1 is 1.32 bits per heavy atom. The summed E-state index contributed by atoms with van der Waals surface area (Å²) >= 11 is 0. The number of amides is 1. The Bertz CT molecular complexity index is 441. The molecule has 4 heteroatoms. The first-order valence-electron chi connectivity index (χ1n) is 6.84. The van der Waals surface area contributed by atoms with E-state index < -0.39 is 0 Å². The molecule has 0 aliphatic heterocycles. The second-order valence-electron chi connectivity index (χ2n) is 6.18. The smallest absolute Gasteiger partial charge is 0.221 e. The zero-order valence-corrected chi connectivity index (χ0v) is 13.1. The van der Waals surface area contributed by atoms with Gasteiger partial charge in [-0.1, -0.05) is 0 Å². The summed E-state index contributed by atoms with van der Waals surface area (Å²) in [7, 11) is 2.07. The molecule has 0 fully saturated rings. The Hall–Kier alpha value is -1.29. The molecule has 0 saturated heterocycles. The van der Waals surface area contributed by atoms with Gasteiger partial charge < -0.3 is 15.2 Å². The van der Waals surface area contributed by atoms with Crippen LogP contribution in [0.3, 0.4) is 0 Å². The van der Waals surface area contributed by atoms with Crippen molar-refractivity contribution in [1.29, 1.82) is 0 Å². The Kier molecular flexibility index (Phi) is 5.18. The van der Waals surface area contributed by atoms with Crippen LogP contribution in [0.5, 0.6) is 0 Å². The highest BCUT2D eigenvalue weighted by Crippen LogP contribution is 2.12. The Labute approximate surface area is 116 Å². The van der Waals surface area contributed by atoms with Crippen molar-refractivity contribution in [1.82, 2.24) is 15.2 Å². The van der Waals surface area contributed by atoms with Gasteiger partial charge >= 0.3 is 0 Å². The molecule has 1 aromatic heterocycles. The highest BCUT2D eigenvalue weighted by molar-refractivity contribution is 5.76. The molecule has 0 unspecified atom stereocenters. The molecule has 0 atom stereocenters. The number of hydrogen-bond acceptors (Lipinski definition) is 2. The lowest BCUT2D eigenvalue weighted by Gasteiger charge is -2.20. The third-order valence-electron chi connectivity index (χ3n) is 3.24. The quantitative estimate of drug-likeness (QED) is 0.800. The molecule has 19 heavy (non-hydrogen) atoms. The van der Waals surface area contributed by atoms with Crippen LogP contribution in [0.15, 0.2) is 6.07 Å². The summed E-state index contributed by atoms with van der Waals surface area (Å²) in [6.45, 7) is 11.7. The lowest BCUT2D eigenvalue weighted by atomic mass is 10.1. The van der Waals surface area contributed by atoms with E-state index in [0.29, 0.717) is 13.0 Å². The molecule has 1 aromatic rings. The summed E-state index contributed by atoms with van der Waals surface area (Å²) < 4.78 is 2.18. The second-order valence-corrected chi connectivity index (χ2v) is 6.18. The highest BCUT2D eigenvalue weighted by Gasteiger charge is 2.13. The van der Waals surface area contributed by atoms with Gasteiger partial charge in [-0.05, 0) is 46.2 Å². The van der Waals surface area contributed by atoms with E-state index in [2.05, 4.69) is 42.2 Å². The van der Waals surface area contributed by atoms with E-state index >= 15 is 0 Å². The predicted molar refractivity (Wildman–Crippen MR) is 79.1 cm³/mol. The molecule has 4 nitrogen and oxygen atoms in total. The molecule has 1 rings (SSSR count). The molecule has 108 valence electrons. The molecule has 0 aliphatic carbocycles. The van der Waals surface area contributed by atoms with Gasteiger partial charge in [-0.25, -0.2) is 0 Å². The number of nitrogens with zero attached hydrogens (tertiary/aromatic N) is 1. The number of nitrogens with one attached hydrogen (secondary N) is 2. The van der Waals surface area contributed by atoms with E-state index in [1.54, 1.807) is 0 Å². The van der Waals surface area contributed by atoms with Crippen LogP contribution in [0.2, 0.25) is 0 Å². The number of carbonyl (C=O) groups is 1. The Morgan fingerprint density at radius 2 is 1.95 bits per heavy atom. The van der Waals surface area contributed by atoms with Crippen LogP contribution in [-0.4, -0.2) is 22.6 Å². The van der Waals surface area contributed by atoms with E-state index in [1.807, 2.05) is 20.8 Å². The average molecular weight is 265 g/mol. The van der Waals surface area contributed by atoms with Crippen molar-refractivity contribution in [2.45, 2.75) is 53.1 Å². The van der Waals surface area contributed by atoms with Gasteiger partial charge in [0, 0.05) is 43.5 Å². The minimum atomic E-state index is -0.149. The molecule has 0 aliphatic rings. The number of aromatic nitrogens is 1. The minimum Gasteiger partial charge on any atom is -0.352 e. The van der Waals surface area contributed by atoms with Gasteiger partial charge in [0.05, 0.1) is 0 Å². The lowest BCUT2D eigenvalue weighted by molar-refractivity contribution is -0.122. The molecule has 0 bridgehead atoms. The largest absolute Gasteiger partial charge is 0.352 e. The van der Waals surface area contributed by atoms with Crippen LogP contribution in [0.4, 0.5) is 0 Å². The molecule has 1 heterocycles. The summed E-state index contributed by atoms with van der Waals surface area (Å²) in [5.74, 6) is 0.0981. The molecule has 2 N–H and O–H groups in total. The first-order valence-corrected chi connectivity index (χ1v) is 6.84. The van der Waals surface area contributed by atoms with Crippen molar-refractivity contribution in [3.63, 3.8) is 0 Å². The minimum absolute atomic E-state index is 0.0981. The summed E-state index contributed by atoms with van der Waals surface area (Å²) in [5, 5.41) is 6.28. The summed E-state index contributed by atoms with van der Waals surface area (Å²) in [6, 6.07) is 2.19. The van der Waals surface area contributed by atoms with E-state index in [9.17, 15) is 4.79 Å². The maximum atomic E-state index is 11.6. The number of rotatable bonds is 5. The third-order valence-corrected chi connectivity index (χ3v) is 3.24. The maximum Gasteiger partial charge on any atom is 0.221 e. The summed E-state index contributed by atoms with van der Waals surface area (Å²) in [4.78, 5) is 11.6. The first-order chi connectivity index (χ1) is 8.70. The molecule has 1 amide bonds. The molecule has 0 aromatic carbocycles. The molecule has 0 spiro atoms. The van der Waals surface area contributed by atoms with Crippen LogP contribution in [-0.2, 0) is 18.4 Å². The van der Waals surface area contributed by atoms with E-state index in [-0.39, 0.29) is 11.4 Å². The number of aryl methyl sites for hydroxylation is 1. The molecular formula is C15H27N3O. The van der Waals surface area contributed by atoms with Gasteiger partial charge in [-0.2, -0.15) is 0 Å². The normalized spacial score (nSPS) is 11.7. The van der Waals surface area contributed by atoms with E-state index in [0.717, 1.165) is 6.54 Å². The van der Waals surface area contributed by atoms with Crippen molar-refractivity contribution in [2.75, 3.05) is 6.54 Å². The fourth-order valence-corrected chi connectivity index (χ4v) is 2.02. The SMILES string of the molecule is Cc1cc(CNCCC(=O)NC(C)(C)C)c(C)n1C. The molecule has 0 radical (unpaired) electrons. The van der Waals surface area contributed by atoms with E-state index in [1.165, 1.54) is 17.0 Å². The zero-order valence-electron chi connectivity index (χ0n) is 13.1. The van der Waals surface area contributed by atoms with Crippen LogP contribution >= 0.6 is 0 Å². The van der Waals surface area contributed by atoms with Crippen molar-refractivity contribution in [3.8, 4) is 0 Å². The molecule has 0 saturated carbocycles. The van der Waals surface area contributed by atoms with Crippen LogP contribution in [0, 0.1) is 13.8 Å². The maximum absolute atomic E-state index is 11.6. The van der Waals surface area contributed by atoms with Gasteiger partial charge in [-0.3, -0.25) is 4.79 Å². The summed E-state index contributed by atoms with van der Waals surface area (Å²) in [6.07, 6.45) is 0.516. The van der Waals surface area contributed by atoms with Crippen LogP contribution in [0.25, 0.3) is 0 Å². The van der Waals surface area contributed by atoms with Gasteiger partial charge in [0.15, 0.2) is 0 Å². The van der Waals surface area contributed by atoms with Crippen LogP contribution in [0.1, 0.15) is 44.1 Å². The van der Waals surface area contributed by atoms with E-state index in [4.69, 9.17) is 0 Å². The second kappa shape index (κ2) is 6.24. The zero-order chi connectivity index (χ0) is 14.6. The fourth-order valence-electron chi connectivity index (χ4n) is 2.02. The van der Waals surface area contributed by atoms with Crippen molar-refractivity contribution < 1.29 is 4.79 Å². The number of carbonyl (C=O) groups excluding carboxylic acids is 1.